The van der Waals surface area contributed by atoms with Gasteiger partial charge in [0.05, 0.1) is 23.1 Å². The first-order valence-electron chi connectivity index (χ1n) is 12.7. The van der Waals surface area contributed by atoms with Gasteiger partial charge < -0.3 is 16.2 Å². The number of aromatic nitrogens is 2. The first-order valence-corrected chi connectivity index (χ1v) is 13.5. The van der Waals surface area contributed by atoms with Gasteiger partial charge in [-0.1, -0.05) is 19.1 Å². The fourth-order valence-corrected chi connectivity index (χ4v) is 6.49. The highest BCUT2D eigenvalue weighted by Gasteiger charge is 2.45. The van der Waals surface area contributed by atoms with E-state index in [-0.39, 0.29) is 23.3 Å². The number of carbonyl (C=O) groups is 1. The molecule has 2 aliphatic rings. The summed E-state index contributed by atoms with van der Waals surface area (Å²) in [5.41, 5.74) is 9.48. The highest BCUT2D eigenvalue weighted by Crippen LogP contribution is 2.51. The molecule has 5 rings (SSSR count). The van der Waals surface area contributed by atoms with Crippen LogP contribution in [0.4, 0.5) is 13.2 Å². The van der Waals surface area contributed by atoms with Gasteiger partial charge in [0.1, 0.15) is 5.56 Å². The molecule has 206 valence electrons. The lowest BCUT2D eigenvalue weighted by Crippen LogP contribution is -2.21. The van der Waals surface area contributed by atoms with Crippen molar-refractivity contribution in [3.63, 3.8) is 0 Å². The molecule has 0 saturated heterocycles. The number of allylic oxidation sites excluding steroid dienone is 1. The Balaban J connectivity index is 1.40. The number of carboxylic acid groups (broad SMARTS) is 1. The van der Waals surface area contributed by atoms with Crippen molar-refractivity contribution < 1.29 is 23.1 Å². The van der Waals surface area contributed by atoms with Crippen LogP contribution in [0.3, 0.4) is 0 Å². The van der Waals surface area contributed by atoms with E-state index in [1.165, 1.54) is 24.2 Å². The van der Waals surface area contributed by atoms with E-state index < -0.39 is 17.7 Å². The highest BCUT2D eigenvalue weighted by atomic mass is 32.2. The van der Waals surface area contributed by atoms with E-state index in [0.717, 1.165) is 28.6 Å². The summed E-state index contributed by atoms with van der Waals surface area (Å²) in [6.45, 7) is 3.32. The van der Waals surface area contributed by atoms with Gasteiger partial charge in [-0.15, -0.1) is 0 Å². The molecule has 11 heteroatoms. The molecule has 39 heavy (non-hydrogen) atoms. The summed E-state index contributed by atoms with van der Waals surface area (Å²) in [4.78, 5) is 12.8. The molecule has 2 heterocycles. The molecule has 3 aromatic rings. The smallest absolute Gasteiger partial charge is 0.416 e. The van der Waals surface area contributed by atoms with Crippen LogP contribution in [0.5, 0.6) is 0 Å². The molecule has 0 bridgehead atoms. The van der Waals surface area contributed by atoms with E-state index in [4.69, 9.17) is 5.73 Å². The van der Waals surface area contributed by atoms with Gasteiger partial charge in [-0.2, -0.15) is 18.3 Å². The molecule has 2 unspecified atom stereocenters. The molecule has 4 N–H and O–H groups in total. The van der Waals surface area contributed by atoms with Gasteiger partial charge in [0.2, 0.25) is 0 Å². The van der Waals surface area contributed by atoms with E-state index in [1.807, 2.05) is 31.2 Å². The Bertz CT molecular complexity index is 1420. The van der Waals surface area contributed by atoms with Crippen molar-refractivity contribution in [2.45, 2.75) is 43.3 Å². The summed E-state index contributed by atoms with van der Waals surface area (Å²) >= 11 is 1.47. The van der Waals surface area contributed by atoms with Crippen LogP contribution in [0.2, 0.25) is 0 Å². The van der Waals surface area contributed by atoms with E-state index >= 15 is 0 Å². The molecule has 1 aromatic heterocycles. The lowest BCUT2D eigenvalue weighted by Gasteiger charge is -2.22. The molecule has 1 aliphatic heterocycles. The Morgan fingerprint density at radius 2 is 2.08 bits per heavy atom. The summed E-state index contributed by atoms with van der Waals surface area (Å²) in [5.74, 6) is -0.866. The third kappa shape index (κ3) is 5.79. The number of hydrogen-bond donors (Lipinski definition) is 3. The van der Waals surface area contributed by atoms with Crippen LogP contribution in [0.1, 0.15) is 52.0 Å². The van der Waals surface area contributed by atoms with Crippen molar-refractivity contribution in [3.8, 4) is 5.69 Å². The van der Waals surface area contributed by atoms with E-state index in [1.54, 1.807) is 24.0 Å². The van der Waals surface area contributed by atoms with Gasteiger partial charge in [-0.3, -0.25) is 0 Å². The average molecular weight is 558 g/mol. The Hall–Kier alpha value is -3.44. The monoisotopic (exact) mass is 557 g/mol. The van der Waals surface area contributed by atoms with Crippen LogP contribution in [0.15, 0.2) is 65.5 Å². The molecular formula is C28H30F3N5O2S. The van der Waals surface area contributed by atoms with Crippen molar-refractivity contribution in [2.24, 2.45) is 17.6 Å². The lowest BCUT2D eigenvalue weighted by atomic mass is 9.99. The Labute approximate surface area is 229 Å². The van der Waals surface area contributed by atoms with Crippen molar-refractivity contribution in [2.75, 3.05) is 13.6 Å². The van der Waals surface area contributed by atoms with E-state index in [0.29, 0.717) is 36.5 Å². The number of fused-ring (bicyclic) bond motifs is 1. The number of halogens is 3. The predicted molar refractivity (Wildman–Crippen MR) is 143 cm³/mol. The minimum atomic E-state index is -4.36. The number of aromatic carboxylic acids is 1. The fourth-order valence-electron chi connectivity index (χ4n) is 5.28. The van der Waals surface area contributed by atoms with E-state index in [9.17, 15) is 23.1 Å². The third-order valence-corrected chi connectivity index (χ3v) is 8.26. The summed E-state index contributed by atoms with van der Waals surface area (Å²) in [6, 6.07) is 11.7. The topological polar surface area (TPSA) is 96.4 Å². The summed E-state index contributed by atoms with van der Waals surface area (Å²) < 4.78 is 43.6. The maximum atomic E-state index is 13.3. The fraction of sp³-hybridized carbons (Fsp3) is 0.357. The van der Waals surface area contributed by atoms with Crippen molar-refractivity contribution in [3.05, 3.63) is 88.5 Å². The van der Waals surface area contributed by atoms with Crippen molar-refractivity contribution >= 4 is 17.9 Å². The zero-order valence-electron chi connectivity index (χ0n) is 21.6. The number of nitrogens with zero attached hydrogens (tertiary/aromatic N) is 3. The predicted octanol–water partition coefficient (Wildman–Crippen LogP) is 5.41. The van der Waals surface area contributed by atoms with Gasteiger partial charge in [0.25, 0.3) is 0 Å². The second-order valence-electron chi connectivity index (χ2n) is 10.3. The first kappa shape index (κ1) is 27.1. The van der Waals surface area contributed by atoms with Gasteiger partial charge >= 0.3 is 12.1 Å². The van der Waals surface area contributed by atoms with Gasteiger partial charge in [0, 0.05) is 48.8 Å². The molecular weight excluding hydrogens is 527 g/mol. The van der Waals surface area contributed by atoms with Crippen LogP contribution < -0.4 is 11.1 Å². The SMILES string of the molecule is CN/C=C(\N)C1C[C@H]1c1c(C(=O)O)cnn1-c1cccc(CN2CC(C)Cc3cc(C(F)(F)F)ccc3S2)c1. The minimum Gasteiger partial charge on any atom is -0.478 e. The maximum absolute atomic E-state index is 13.3. The standard InChI is InChI=1S/C28H30F3N5O2S/c1-16-8-18-10-19(28(29,30)31)6-7-25(18)39-35(14-16)15-17-4-3-5-20(9-17)36-26(23(12-34-36)27(37)38)22-11-21(22)24(32)13-33-2/h3-7,9-10,12-13,16,21-22,33H,8,11,14-15,32H2,1-2H3,(H,37,38)/b24-13-/t16?,21?,22-/m1/s1. The normalized spacial score (nSPS) is 21.8. The van der Waals surface area contributed by atoms with Crippen LogP contribution in [0, 0.1) is 11.8 Å². The zero-order chi connectivity index (χ0) is 27.9. The summed E-state index contributed by atoms with van der Waals surface area (Å²) in [7, 11) is 1.77. The Kier molecular flexibility index (Phi) is 7.39. The minimum absolute atomic E-state index is 0.0436. The number of benzene rings is 2. The second-order valence-corrected chi connectivity index (χ2v) is 11.4. The lowest BCUT2D eigenvalue weighted by molar-refractivity contribution is -0.137. The maximum Gasteiger partial charge on any atom is 0.416 e. The van der Waals surface area contributed by atoms with Crippen LogP contribution in [-0.4, -0.2) is 38.8 Å². The average Bonchev–Trinajstić information content (AvgIpc) is 3.57. The molecule has 0 amide bonds. The largest absolute Gasteiger partial charge is 0.478 e. The summed E-state index contributed by atoms with van der Waals surface area (Å²) in [5, 5.41) is 17.2. The number of hydrogen-bond acceptors (Lipinski definition) is 6. The number of nitrogens with two attached hydrogens (primary N) is 1. The number of carboxylic acids is 1. The number of rotatable bonds is 7. The zero-order valence-corrected chi connectivity index (χ0v) is 22.4. The van der Waals surface area contributed by atoms with Crippen molar-refractivity contribution in [1.82, 2.24) is 19.4 Å². The first-order chi connectivity index (χ1) is 18.5. The molecule has 1 aliphatic carbocycles. The Morgan fingerprint density at radius 3 is 2.79 bits per heavy atom. The molecule has 0 radical (unpaired) electrons. The summed E-state index contributed by atoms with van der Waals surface area (Å²) in [6.07, 6.45) is 0.0691. The quantitative estimate of drug-likeness (QED) is 0.334. The third-order valence-electron chi connectivity index (χ3n) is 7.13. The molecule has 3 atom stereocenters. The number of alkyl halides is 3. The van der Waals surface area contributed by atoms with E-state index in [2.05, 4.69) is 14.7 Å². The highest BCUT2D eigenvalue weighted by molar-refractivity contribution is 7.97. The van der Waals surface area contributed by atoms with Crippen molar-refractivity contribution in [1.29, 1.82) is 0 Å². The molecule has 7 nitrogen and oxygen atoms in total. The van der Waals surface area contributed by atoms with Gasteiger partial charge in [0.15, 0.2) is 0 Å². The Morgan fingerprint density at radius 1 is 1.28 bits per heavy atom. The molecule has 2 aromatic carbocycles. The number of nitrogens with one attached hydrogen (secondary N) is 1. The van der Waals surface area contributed by atoms with Crippen LogP contribution >= 0.6 is 11.9 Å². The molecule has 1 saturated carbocycles. The second kappa shape index (κ2) is 10.6. The van der Waals surface area contributed by atoms with Crippen LogP contribution in [0.25, 0.3) is 5.69 Å². The molecule has 1 fully saturated rings. The van der Waals surface area contributed by atoms with Crippen LogP contribution in [-0.2, 0) is 19.1 Å². The molecule has 0 spiro atoms. The van der Waals surface area contributed by atoms with Gasteiger partial charge in [-0.05, 0) is 72.2 Å². The van der Waals surface area contributed by atoms with Gasteiger partial charge in [-0.25, -0.2) is 13.8 Å².